The molecule has 1 aliphatic rings. The number of hydrogen-bond donors (Lipinski definition) is 0. The second-order valence-corrected chi connectivity index (χ2v) is 4.30. The van der Waals surface area contributed by atoms with Gasteiger partial charge in [0.1, 0.15) is 11.5 Å². The maximum atomic E-state index is 11.8. The molecule has 0 saturated heterocycles. The van der Waals surface area contributed by atoms with Gasteiger partial charge in [0, 0.05) is 19.4 Å². The van der Waals surface area contributed by atoms with Crippen LogP contribution in [-0.2, 0) is 9.59 Å². The number of hydrogen-bond acceptors (Lipinski definition) is 3. The predicted octanol–water partition coefficient (Wildman–Crippen LogP) is 2.17. The summed E-state index contributed by atoms with van der Waals surface area (Å²) in [6.45, 7) is 2.52. The first-order valence-electron chi connectivity index (χ1n) is 6.26. The van der Waals surface area contributed by atoms with Gasteiger partial charge in [-0.25, -0.2) is 0 Å². The molecule has 4 heteroatoms. The predicted molar refractivity (Wildman–Crippen MR) is 68.8 cm³/mol. The van der Waals surface area contributed by atoms with E-state index in [1.807, 2.05) is 31.2 Å². The quantitative estimate of drug-likeness (QED) is 0.801. The molecule has 1 aromatic carbocycles. The molecule has 18 heavy (non-hydrogen) atoms. The Bertz CT molecular complexity index is 456. The Labute approximate surface area is 107 Å². The number of anilines is 1. The monoisotopic (exact) mass is 247 g/mol. The third-order valence-electron chi connectivity index (χ3n) is 3.04. The van der Waals surface area contributed by atoms with Crippen molar-refractivity contribution in [2.45, 2.75) is 26.2 Å². The van der Waals surface area contributed by atoms with Gasteiger partial charge in [-0.05, 0) is 18.6 Å². The minimum atomic E-state index is -0.0438. The normalized spacial score (nSPS) is 14.1. The van der Waals surface area contributed by atoms with Crippen molar-refractivity contribution in [3.05, 3.63) is 24.3 Å². The zero-order valence-corrected chi connectivity index (χ0v) is 10.5. The number of benzene rings is 1. The van der Waals surface area contributed by atoms with Gasteiger partial charge in [-0.2, -0.15) is 0 Å². The summed E-state index contributed by atoms with van der Waals surface area (Å²) in [6, 6.07) is 7.48. The lowest BCUT2D eigenvalue weighted by Crippen LogP contribution is -2.39. The van der Waals surface area contributed by atoms with Crippen LogP contribution in [0.3, 0.4) is 0 Å². The molecule has 0 aromatic heterocycles. The highest BCUT2D eigenvalue weighted by Gasteiger charge is 2.24. The number of carbonyl (C=O) groups excluding carboxylic acids is 2. The fourth-order valence-electron chi connectivity index (χ4n) is 2.01. The van der Waals surface area contributed by atoms with Gasteiger partial charge in [-0.15, -0.1) is 0 Å². The molecule has 0 bridgehead atoms. The molecule has 1 amide bonds. The zero-order valence-electron chi connectivity index (χ0n) is 10.5. The molecule has 1 aromatic rings. The number of ketones is 1. The van der Waals surface area contributed by atoms with E-state index in [0.29, 0.717) is 25.8 Å². The number of ether oxygens (including phenoxy) is 1. The van der Waals surface area contributed by atoms with E-state index in [1.165, 1.54) is 0 Å². The van der Waals surface area contributed by atoms with Crippen LogP contribution in [-0.4, -0.2) is 24.8 Å². The number of rotatable bonds is 5. The first-order valence-corrected chi connectivity index (χ1v) is 6.26. The lowest BCUT2D eigenvalue weighted by atomic mass is 10.1. The van der Waals surface area contributed by atoms with Crippen LogP contribution in [0.1, 0.15) is 26.2 Å². The molecule has 0 aliphatic carbocycles. The van der Waals surface area contributed by atoms with Crippen LogP contribution in [0, 0.1) is 0 Å². The van der Waals surface area contributed by atoms with Crippen LogP contribution in [0.15, 0.2) is 24.3 Å². The summed E-state index contributed by atoms with van der Waals surface area (Å²) < 4.78 is 5.36. The van der Waals surface area contributed by atoms with Gasteiger partial charge in [0.15, 0.2) is 6.61 Å². The topological polar surface area (TPSA) is 46.6 Å². The molecule has 1 aliphatic heterocycles. The summed E-state index contributed by atoms with van der Waals surface area (Å²) in [7, 11) is 0. The van der Waals surface area contributed by atoms with Crippen molar-refractivity contribution < 1.29 is 14.3 Å². The van der Waals surface area contributed by atoms with Crippen molar-refractivity contribution in [1.29, 1.82) is 0 Å². The Morgan fingerprint density at radius 2 is 2.17 bits per heavy atom. The van der Waals surface area contributed by atoms with Crippen LogP contribution >= 0.6 is 0 Å². The van der Waals surface area contributed by atoms with Crippen LogP contribution in [0.4, 0.5) is 5.69 Å². The van der Waals surface area contributed by atoms with E-state index >= 15 is 0 Å². The molecule has 0 radical (unpaired) electrons. The Kier molecular flexibility index (Phi) is 3.97. The number of fused-ring (bicyclic) bond motifs is 1. The highest BCUT2D eigenvalue weighted by Crippen LogP contribution is 2.31. The van der Waals surface area contributed by atoms with Gasteiger partial charge < -0.3 is 9.64 Å². The van der Waals surface area contributed by atoms with Crippen LogP contribution in [0.5, 0.6) is 5.75 Å². The summed E-state index contributed by atoms with van der Waals surface area (Å²) in [5.74, 6) is 0.931. The molecule has 0 spiro atoms. The Morgan fingerprint density at radius 1 is 1.39 bits per heavy atom. The minimum Gasteiger partial charge on any atom is -0.482 e. The largest absolute Gasteiger partial charge is 0.482 e. The number of carbonyl (C=O) groups is 2. The number of amides is 1. The van der Waals surface area contributed by atoms with Crippen LogP contribution in [0.2, 0.25) is 0 Å². The zero-order chi connectivity index (χ0) is 13.0. The molecule has 2 rings (SSSR count). The molecular formula is C14H17NO3. The Morgan fingerprint density at radius 3 is 2.94 bits per heavy atom. The summed E-state index contributed by atoms with van der Waals surface area (Å²) in [6.07, 6.45) is 1.80. The molecule has 0 atom stereocenters. The molecule has 0 unspecified atom stereocenters. The van der Waals surface area contributed by atoms with Gasteiger partial charge in [-0.3, -0.25) is 9.59 Å². The van der Waals surface area contributed by atoms with Gasteiger partial charge in [-0.1, -0.05) is 19.1 Å². The van der Waals surface area contributed by atoms with Crippen LogP contribution in [0.25, 0.3) is 0 Å². The summed E-state index contributed by atoms with van der Waals surface area (Å²) >= 11 is 0. The standard InChI is InChI=1S/C14H17NO3/c1-2-11(16)6-5-9-15-12-7-3-4-8-13(12)18-10-14(15)17/h3-4,7-8H,2,5-6,9-10H2,1H3. The van der Waals surface area contributed by atoms with Crippen molar-refractivity contribution in [1.82, 2.24) is 0 Å². The first-order chi connectivity index (χ1) is 8.72. The van der Waals surface area contributed by atoms with Crippen molar-refractivity contribution >= 4 is 17.4 Å². The molecule has 0 N–H and O–H groups in total. The highest BCUT2D eigenvalue weighted by molar-refractivity contribution is 5.97. The van der Waals surface area contributed by atoms with Crippen molar-refractivity contribution in [2.75, 3.05) is 18.1 Å². The van der Waals surface area contributed by atoms with E-state index in [2.05, 4.69) is 0 Å². The Hall–Kier alpha value is -1.84. The van der Waals surface area contributed by atoms with Crippen LogP contribution < -0.4 is 9.64 Å². The summed E-state index contributed by atoms with van der Waals surface area (Å²) in [5, 5.41) is 0. The molecule has 0 saturated carbocycles. The SMILES string of the molecule is CCC(=O)CCCN1C(=O)COc2ccccc21. The number of para-hydroxylation sites is 2. The summed E-state index contributed by atoms with van der Waals surface area (Å²) in [4.78, 5) is 24.8. The molecule has 96 valence electrons. The minimum absolute atomic E-state index is 0.0438. The highest BCUT2D eigenvalue weighted by atomic mass is 16.5. The fourth-order valence-corrected chi connectivity index (χ4v) is 2.01. The maximum Gasteiger partial charge on any atom is 0.265 e. The van der Waals surface area contributed by atoms with E-state index in [4.69, 9.17) is 4.74 Å². The molecule has 0 fully saturated rings. The van der Waals surface area contributed by atoms with Gasteiger partial charge in [0.2, 0.25) is 0 Å². The van der Waals surface area contributed by atoms with E-state index in [0.717, 1.165) is 11.4 Å². The van der Waals surface area contributed by atoms with E-state index < -0.39 is 0 Å². The molecule has 1 heterocycles. The molecular weight excluding hydrogens is 230 g/mol. The van der Waals surface area contributed by atoms with Crippen molar-refractivity contribution in [3.8, 4) is 5.75 Å². The summed E-state index contributed by atoms with van der Waals surface area (Å²) in [5.41, 5.74) is 0.803. The Balaban J connectivity index is 2.03. The van der Waals surface area contributed by atoms with E-state index in [-0.39, 0.29) is 18.3 Å². The lowest BCUT2D eigenvalue weighted by Gasteiger charge is -2.29. The third kappa shape index (κ3) is 2.70. The van der Waals surface area contributed by atoms with Gasteiger partial charge in [0.05, 0.1) is 5.69 Å². The van der Waals surface area contributed by atoms with E-state index in [1.54, 1.807) is 4.90 Å². The average Bonchev–Trinajstić information content (AvgIpc) is 2.41. The second kappa shape index (κ2) is 5.67. The fraction of sp³-hybridized carbons (Fsp3) is 0.429. The second-order valence-electron chi connectivity index (χ2n) is 4.30. The smallest absolute Gasteiger partial charge is 0.265 e. The molecule has 4 nitrogen and oxygen atoms in total. The maximum absolute atomic E-state index is 11.8. The number of nitrogens with zero attached hydrogens (tertiary/aromatic N) is 1. The average molecular weight is 247 g/mol. The van der Waals surface area contributed by atoms with Crippen molar-refractivity contribution in [3.63, 3.8) is 0 Å². The first kappa shape index (κ1) is 12.6. The van der Waals surface area contributed by atoms with Gasteiger partial charge in [0.25, 0.3) is 5.91 Å². The number of Topliss-reactive ketones (excluding diaryl/α,β-unsaturated/α-hetero) is 1. The van der Waals surface area contributed by atoms with E-state index in [9.17, 15) is 9.59 Å². The lowest BCUT2D eigenvalue weighted by molar-refractivity contribution is -0.122. The van der Waals surface area contributed by atoms with Gasteiger partial charge >= 0.3 is 0 Å². The third-order valence-corrected chi connectivity index (χ3v) is 3.04. The van der Waals surface area contributed by atoms with Crippen molar-refractivity contribution in [2.24, 2.45) is 0 Å².